The molecule has 0 aliphatic carbocycles. The van der Waals surface area contributed by atoms with Crippen LogP contribution in [0.25, 0.3) is 0 Å². The largest absolute Gasteiger partial charge is 0.492 e. The third-order valence-electron chi connectivity index (χ3n) is 4.38. The highest BCUT2D eigenvalue weighted by atomic mass is 19.1. The van der Waals surface area contributed by atoms with E-state index < -0.39 is 0 Å². The van der Waals surface area contributed by atoms with E-state index in [0.717, 1.165) is 17.8 Å². The van der Waals surface area contributed by atoms with Gasteiger partial charge in [-0.3, -0.25) is 9.79 Å². The highest BCUT2D eigenvalue weighted by Gasteiger charge is 2.24. The van der Waals surface area contributed by atoms with Crippen LogP contribution < -0.4 is 20.7 Å². The Morgan fingerprint density at radius 2 is 2.11 bits per heavy atom. The van der Waals surface area contributed by atoms with Crippen molar-refractivity contribution in [2.24, 2.45) is 4.99 Å². The van der Waals surface area contributed by atoms with Crippen LogP contribution in [0.4, 0.5) is 10.1 Å². The van der Waals surface area contributed by atoms with E-state index in [1.165, 1.54) is 12.1 Å². The maximum Gasteiger partial charge on any atom is 0.225 e. The average molecular weight is 384 g/mol. The first-order valence-corrected chi connectivity index (χ1v) is 9.45. The number of rotatable bonds is 7. The molecule has 1 atom stereocenters. The molecule has 28 heavy (non-hydrogen) atoms. The van der Waals surface area contributed by atoms with Gasteiger partial charge in [0.1, 0.15) is 18.2 Å². The molecule has 1 aliphatic heterocycles. The molecule has 0 aromatic heterocycles. The number of fused-ring (bicyclic) bond motifs is 1. The van der Waals surface area contributed by atoms with E-state index in [0.29, 0.717) is 37.8 Å². The molecule has 0 fully saturated rings. The predicted octanol–water partition coefficient (Wildman–Crippen LogP) is 2.89. The fourth-order valence-corrected chi connectivity index (χ4v) is 3.10. The van der Waals surface area contributed by atoms with E-state index in [4.69, 9.17) is 4.74 Å². The van der Waals surface area contributed by atoms with Crippen molar-refractivity contribution in [1.82, 2.24) is 10.6 Å². The first-order chi connectivity index (χ1) is 13.7. The molecule has 2 aromatic rings. The molecular weight excluding hydrogens is 359 g/mol. The van der Waals surface area contributed by atoms with Crippen molar-refractivity contribution >= 4 is 17.6 Å². The van der Waals surface area contributed by atoms with Gasteiger partial charge in [0.15, 0.2) is 5.96 Å². The number of carbonyl (C=O) groups excluding carboxylic acids is 1. The lowest BCUT2D eigenvalue weighted by atomic mass is 9.91. The summed E-state index contributed by atoms with van der Waals surface area (Å²) >= 11 is 0. The molecule has 1 heterocycles. The number of halogens is 1. The lowest BCUT2D eigenvalue weighted by Gasteiger charge is -2.24. The fraction of sp³-hybridized carbons (Fsp3) is 0.333. The van der Waals surface area contributed by atoms with Gasteiger partial charge in [-0.2, -0.15) is 0 Å². The van der Waals surface area contributed by atoms with E-state index >= 15 is 0 Å². The van der Waals surface area contributed by atoms with E-state index in [-0.39, 0.29) is 17.6 Å². The highest BCUT2D eigenvalue weighted by molar-refractivity contribution is 5.94. The smallest absolute Gasteiger partial charge is 0.225 e. The second-order valence-electron chi connectivity index (χ2n) is 6.49. The number of nitrogens with one attached hydrogen (secondary N) is 3. The Hall–Kier alpha value is -3.09. The van der Waals surface area contributed by atoms with Crippen molar-refractivity contribution in [2.75, 3.05) is 31.6 Å². The van der Waals surface area contributed by atoms with Gasteiger partial charge in [0, 0.05) is 30.6 Å². The molecule has 7 heteroatoms. The van der Waals surface area contributed by atoms with E-state index in [1.807, 2.05) is 31.2 Å². The van der Waals surface area contributed by atoms with Crippen molar-refractivity contribution in [2.45, 2.75) is 19.3 Å². The van der Waals surface area contributed by atoms with Gasteiger partial charge in [0.25, 0.3) is 0 Å². The van der Waals surface area contributed by atoms with E-state index in [2.05, 4.69) is 20.9 Å². The van der Waals surface area contributed by atoms with Crippen LogP contribution in [0.2, 0.25) is 0 Å². The summed E-state index contributed by atoms with van der Waals surface area (Å²) in [6.45, 7) is 4.11. The zero-order valence-corrected chi connectivity index (χ0v) is 15.9. The topological polar surface area (TPSA) is 74.8 Å². The summed E-state index contributed by atoms with van der Waals surface area (Å²) in [5.41, 5.74) is 1.97. The number of hydrogen-bond acceptors (Lipinski definition) is 3. The highest BCUT2D eigenvalue weighted by Crippen LogP contribution is 2.31. The molecule has 2 aromatic carbocycles. The van der Waals surface area contributed by atoms with Crippen LogP contribution in [0.5, 0.6) is 5.75 Å². The SMILES string of the molecule is CCNC(=NCC1CC(=O)Nc2ccccc21)NCCOc1cccc(F)c1. The van der Waals surface area contributed by atoms with Crippen LogP contribution in [0.3, 0.4) is 0 Å². The van der Waals surface area contributed by atoms with Gasteiger partial charge in [-0.05, 0) is 30.7 Å². The molecular formula is C21H25FN4O2. The molecule has 0 spiro atoms. The number of nitrogens with zero attached hydrogens (tertiary/aromatic N) is 1. The summed E-state index contributed by atoms with van der Waals surface area (Å²) in [7, 11) is 0. The van der Waals surface area contributed by atoms with Gasteiger partial charge >= 0.3 is 0 Å². The summed E-state index contributed by atoms with van der Waals surface area (Å²) in [4.78, 5) is 16.6. The number of para-hydroxylation sites is 1. The molecule has 148 valence electrons. The second-order valence-corrected chi connectivity index (χ2v) is 6.49. The van der Waals surface area contributed by atoms with Gasteiger partial charge in [-0.15, -0.1) is 0 Å². The molecule has 1 amide bonds. The first-order valence-electron chi connectivity index (χ1n) is 9.45. The molecule has 0 radical (unpaired) electrons. The molecule has 6 nitrogen and oxygen atoms in total. The number of hydrogen-bond donors (Lipinski definition) is 3. The minimum atomic E-state index is -0.322. The number of anilines is 1. The van der Waals surface area contributed by atoms with Crippen LogP contribution in [-0.4, -0.2) is 38.1 Å². The third-order valence-corrected chi connectivity index (χ3v) is 4.38. The van der Waals surface area contributed by atoms with E-state index in [1.54, 1.807) is 12.1 Å². The summed E-state index contributed by atoms with van der Waals surface area (Å²) in [6.07, 6.45) is 0.419. The monoisotopic (exact) mass is 384 g/mol. The van der Waals surface area contributed by atoms with Crippen LogP contribution in [0.1, 0.15) is 24.8 Å². The maximum absolute atomic E-state index is 13.2. The molecule has 3 rings (SSSR count). The lowest BCUT2D eigenvalue weighted by Crippen LogP contribution is -2.39. The zero-order valence-electron chi connectivity index (χ0n) is 15.9. The minimum Gasteiger partial charge on any atom is -0.492 e. The first kappa shape index (κ1) is 19.7. The summed E-state index contributed by atoms with van der Waals surface area (Å²) < 4.78 is 18.7. The van der Waals surface area contributed by atoms with Crippen molar-refractivity contribution in [3.63, 3.8) is 0 Å². The number of amides is 1. The van der Waals surface area contributed by atoms with Crippen LogP contribution in [0, 0.1) is 5.82 Å². The summed E-state index contributed by atoms with van der Waals surface area (Å²) in [5.74, 6) is 0.892. The number of aliphatic imine (C=N–C) groups is 1. The molecule has 1 aliphatic rings. The average Bonchev–Trinajstić information content (AvgIpc) is 2.69. The predicted molar refractivity (Wildman–Crippen MR) is 108 cm³/mol. The quantitative estimate of drug-likeness (QED) is 0.390. The normalized spacial score (nSPS) is 16.1. The molecule has 1 unspecified atom stereocenters. The lowest BCUT2D eigenvalue weighted by molar-refractivity contribution is -0.116. The molecule has 0 saturated carbocycles. The number of benzene rings is 2. The van der Waals surface area contributed by atoms with Gasteiger partial charge in [-0.25, -0.2) is 4.39 Å². The van der Waals surface area contributed by atoms with Crippen molar-refractivity contribution in [3.8, 4) is 5.75 Å². The van der Waals surface area contributed by atoms with Gasteiger partial charge in [0.2, 0.25) is 5.91 Å². The maximum atomic E-state index is 13.2. The zero-order chi connectivity index (χ0) is 19.8. The number of ether oxygens (including phenoxy) is 1. The van der Waals surface area contributed by atoms with Crippen molar-refractivity contribution in [1.29, 1.82) is 0 Å². The third kappa shape index (κ3) is 5.45. The Morgan fingerprint density at radius 1 is 1.25 bits per heavy atom. The van der Waals surface area contributed by atoms with Crippen LogP contribution in [0.15, 0.2) is 53.5 Å². The molecule has 0 bridgehead atoms. The minimum absolute atomic E-state index is 0.0142. The Balaban J connectivity index is 1.55. The summed E-state index contributed by atoms with van der Waals surface area (Å²) in [6, 6.07) is 13.9. The van der Waals surface area contributed by atoms with Crippen LogP contribution >= 0.6 is 0 Å². The Kier molecular flexibility index (Phi) is 6.84. The van der Waals surface area contributed by atoms with Gasteiger partial charge in [-0.1, -0.05) is 24.3 Å². The van der Waals surface area contributed by atoms with E-state index in [9.17, 15) is 9.18 Å². The molecule has 0 saturated heterocycles. The number of guanidine groups is 1. The second kappa shape index (κ2) is 9.73. The van der Waals surface area contributed by atoms with Crippen molar-refractivity contribution < 1.29 is 13.9 Å². The van der Waals surface area contributed by atoms with Gasteiger partial charge < -0.3 is 20.7 Å². The Bertz CT molecular complexity index is 841. The number of carbonyl (C=O) groups is 1. The standard InChI is InChI=1S/C21H25FN4O2/c1-2-23-21(24-10-11-28-17-7-5-6-16(22)13-17)25-14-15-12-20(27)26-19-9-4-3-8-18(15)19/h3-9,13,15H,2,10-12,14H2,1H3,(H,26,27)(H2,23,24,25). The van der Waals surface area contributed by atoms with Gasteiger partial charge in [0.05, 0.1) is 13.1 Å². The summed E-state index contributed by atoms with van der Waals surface area (Å²) in [5, 5.41) is 9.29. The Morgan fingerprint density at radius 3 is 2.93 bits per heavy atom. The molecule has 3 N–H and O–H groups in total. The fourth-order valence-electron chi connectivity index (χ4n) is 3.10. The Labute approximate surface area is 164 Å². The van der Waals surface area contributed by atoms with Crippen molar-refractivity contribution in [3.05, 3.63) is 59.9 Å². The van der Waals surface area contributed by atoms with Crippen LogP contribution in [-0.2, 0) is 4.79 Å².